The van der Waals surface area contributed by atoms with Crippen molar-refractivity contribution in [2.45, 2.75) is 6.92 Å². The zero-order valence-corrected chi connectivity index (χ0v) is 17.6. The first-order valence-electron chi connectivity index (χ1n) is 9.18. The van der Waals surface area contributed by atoms with Gasteiger partial charge in [0.15, 0.2) is 5.13 Å². The molecule has 10 nitrogen and oxygen atoms in total. The average Bonchev–Trinajstić information content (AvgIpc) is 3.25. The fourth-order valence-corrected chi connectivity index (χ4v) is 3.52. The Bertz CT molecular complexity index is 1350. The molecule has 0 radical (unpaired) electrons. The number of carbonyl (C=O) groups excluding carboxylic acids is 1. The van der Waals surface area contributed by atoms with E-state index in [4.69, 9.17) is 19.1 Å². The SMILES string of the molecule is COc1ccc2c(=O)c(Oc3ccc(C(=O)Nc4ncc(N([O-])O)s4)cc3)c(C)oc2c1. The molecule has 0 aliphatic rings. The minimum Gasteiger partial charge on any atom is -0.733 e. The molecule has 0 atom stereocenters. The number of hydrogen-bond acceptors (Lipinski definition) is 10. The molecule has 0 saturated heterocycles. The van der Waals surface area contributed by atoms with Crippen molar-refractivity contribution in [2.24, 2.45) is 0 Å². The summed E-state index contributed by atoms with van der Waals surface area (Å²) < 4.78 is 16.6. The lowest BCUT2D eigenvalue weighted by molar-refractivity contribution is 0.102. The molecule has 0 saturated carbocycles. The van der Waals surface area contributed by atoms with Gasteiger partial charge < -0.3 is 24.3 Å². The smallest absolute Gasteiger partial charge is 0.257 e. The Balaban J connectivity index is 1.52. The molecule has 4 aromatic rings. The molecule has 32 heavy (non-hydrogen) atoms. The molecule has 2 aromatic heterocycles. The lowest BCUT2D eigenvalue weighted by Crippen LogP contribution is -2.11. The Labute approximate surface area is 184 Å². The number of thiazole rings is 1. The standard InChI is InChI=1S/C21H16N3O7S/c1-11-19(18(25)15-8-7-14(29-2)9-16(15)30-11)31-13-5-3-12(4-6-13)20(26)23-21-22-10-17(32-21)24(27)28/h3-10,27H,1-2H3,(H,22,23,26)/q-1. The van der Waals surface area contributed by atoms with Crippen LogP contribution in [-0.4, -0.2) is 23.2 Å². The number of ether oxygens (including phenoxy) is 2. The summed E-state index contributed by atoms with van der Waals surface area (Å²) in [6.45, 7) is 1.62. The second-order valence-corrected chi connectivity index (χ2v) is 7.54. The van der Waals surface area contributed by atoms with Crippen molar-refractivity contribution in [1.29, 1.82) is 0 Å². The van der Waals surface area contributed by atoms with E-state index in [2.05, 4.69) is 10.3 Å². The first-order valence-corrected chi connectivity index (χ1v) is 10.00. The summed E-state index contributed by atoms with van der Waals surface area (Å²) in [4.78, 5) is 29.0. The summed E-state index contributed by atoms with van der Waals surface area (Å²) in [5.41, 5.74) is 0.355. The second kappa shape index (κ2) is 8.67. The summed E-state index contributed by atoms with van der Waals surface area (Å²) in [6.07, 6.45) is 1.14. The highest BCUT2D eigenvalue weighted by molar-refractivity contribution is 7.19. The van der Waals surface area contributed by atoms with Gasteiger partial charge in [0.05, 0.1) is 18.7 Å². The number of anilines is 2. The van der Waals surface area contributed by atoms with Gasteiger partial charge in [0, 0.05) is 11.6 Å². The summed E-state index contributed by atoms with van der Waals surface area (Å²) >= 11 is 0.818. The highest BCUT2D eigenvalue weighted by Crippen LogP contribution is 2.28. The topological polar surface area (TPSA) is 137 Å². The third-order valence-corrected chi connectivity index (χ3v) is 5.33. The Hall–Kier alpha value is -3.93. The largest absolute Gasteiger partial charge is 0.733 e. The van der Waals surface area contributed by atoms with Crippen molar-refractivity contribution in [3.05, 3.63) is 75.4 Å². The van der Waals surface area contributed by atoms with E-state index in [-0.39, 0.29) is 26.5 Å². The molecule has 0 fully saturated rings. The van der Waals surface area contributed by atoms with Gasteiger partial charge in [0.25, 0.3) is 5.91 Å². The van der Waals surface area contributed by atoms with Gasteiger partial charge in [0.1, 0.15) is 27.8 Å². The fourth-order valence-electron chi connectivity index (χ4n) is 2.89. The molecule has 2 N–H and O–H groups in total. The van der Waals surface area contributed by atoms with Gasteiger partial charge in [-0.3, -0.25) is 20.1 Å². The van der Waals surface area contributed by atoms with Crippen molar-refractivity contribution in [3.63, 3.8) is 0 Å². The Morgan fingerprint density at radius 3 is 2.59 bits per heavy atom. The Morgan fingerprint density at radius 1 is 1.22 bits per heavy atom. The van der Waals surface area contributed by atoms with Gasteiger partial charge in [-0.1, -0.05) is 11.3 Å². The number of benzene rings is 2. The maximum absolute atomic E-state index is 12.8. The summed E-state index contributed by atoms with van der Waals surface area (Å²) in [6, 6.07) is 11.0. The van der Waals surface area contributed by atoms with E-state index in [1.165, 1.54) is 31.4 Å². The van der Waals surface area contributed by atoms with Gasteiger partial charge >= 0.3 is 0 Å². The predicted octanol–water partition coefficient (Wildman–Crippen LogP) is 4.30. The maximum Gasteiger partial charge on any atom is 0.257 e. The molecule has 0 unspecified atom stereocenters. The number of carbonyl (C=O) groups is 1. The predicted molar refractivity (Wildman–Crippen MR) is 118 cm³/mol. The number of amides is 1. The zero-order valence-electron chi connectivity index (χ0n) is 16.8. The third kappa shape index (κ3) is 4.25. The highest BCUT2D eigenvalue weighted by atomic mass is 32.1. The van der Waals surface area contributed by atoms with Crippen LogP contribution in [0.2, 0.25) is 0 Å². The van der Waals surface area contributed by atoms with E-state index in [9.17, 15) is 14.8 Å². The van der Waals surface area contributed by atoms with E-state index in [0.717, 1.165) is 17.5 Å². The number of aromatic nitrogens is 1. The minimum atomic E-state index is -0.469. The van der Waals surface area contributed by atoms with Crippen LogP contribution in [0.5, 0.6) is 17.2 Å². The molecule has 164 valence electrons. The maximum atomic E-state index is 12.8. The number of nitrogens with zero attached hydrogens (tertiary/aromatic N) is 2. The van der Waals surface area contributed by atoms with Crippen LogP contribution in [0.15, 0.2) is 57.9 Å². The zero-order chi connectivity index (χ0) is 22.8. The third-order valence-electron chi connectivity index (χ3n) is 4.46. The van der Waals surface area contributed by atoms with E-state index in [1.54, 1.807) is 25.1 Å². The van der Waals surface area contributed by atoms with Crippen LogP contribution in [0.1, 0.15) is 16.1 Å². The van der Waals surface area contributed by atoms with Crippen LogP contribution in [0.25, 0.3) is 11.0 Å². The number of methoxy groups -OCH3 is 1. The van der Waals surface area contributed by atoms with Gasteiger partial charge in [-0.15, -0.1) is 0 Å². The summed E-state index contributed by atoms with van der Waals surface area (Å²) in [5.74, 6) is 0.778. The highest BCUT2D eigenvalue weighted by Gasteiger charge is 2.15. The van der Waals surface area contributed by atoms with Gasteiger partial charge in [-0.2, -0.15) is 0 Å². The monoisotopic (exact) mass is 454 g/mol. The van der Waals surface area contributed by atoms with Gasteiger partial charge in [-0.25, -0.2) is 4.98 Å². The van der Waals surface area contributed by atoms with Crippen molar-refractivity contribution in [3.8, 4) is 17.2 Å². The number of rotatable bonds is 6. The quantitative estimate of drug-likeness (QED) is 0.408. The number of nitrogens with one attached hydrogen (secondary N) is 1. The van der Waals surface area contributed by atoms with Crippen LogP contribution < -0.4 is 25.4 Å². The summed E-state index contributed by atoms with van der Waals surface area (Å²) in [5, 5.41) is 22.3. The van der Waals surface area contributed by atoms with Crippen LogP contribution in [0, 0.1) is 12.1 Å². The first kappa shape index (κ1) is 21.3. The van der Waals surface area contributed by atoms with E-state index in [0.29, 0.717) is 33.8 Å². The Morgan fingerprint density at radius 2 is 1.94 bits per heavy atom. The molecule has 0 aliphatic heterocycles. The molecule has 0 bridgehead atoms. The van der Waals surface area contributed by atoms with Gasteiger partial charge in [-0.05, 0) is 43.3 Å². The average molecular weight is 454 g/mol. The molecule has 0 aliphatic carbocycles. The number of fused-ring (bicyclic) bond motifs is 1. The first-order chi connectivity index (χ1) is 15.4. The van der Waals surface area contributed by atoms with E-state index < -0.39 is 5.91 Å². The van der Waals surface area contributed by atoms with Crippen LogP contribution in [0.4, 0.5) is 10.1 Å². The van der Waals surface area contributed by atoms with Crippen molar-refractivity contribution < 1.29 is 23.9 Å². The molecule has 1 amide bonds. The van der Waals surface area contributed by atoms with Crippen LogP contribution in [0.3, 0.4) is 0 Å². The molecule has 0 spiro atoms. The molecular formula is C21H16N3O7S-. The Kier molecular flexibility index (Phi) is 5.77. The molecule has 11 heteroatoms. The number of aryl methyl sites for hydroxylation is 1. The van der Waals surface area contributed by atoms with Crippen molar-refractivity contribution >= 4 is 38.3 Å². The van der Waals surface area contributed by atoms with E-state index in [1.807, 2.05) is 0 Å². The summed E-state index contributed by atoms with van der Waals surface area (Å²) in [7, 11) is 1.52. The normalized spacial score (nSPS) is 10.8. The lowest BCUT2D eigenvalue weighted by atomic mass is 10.2. The van der Waals surface area contributed by atoms with Gasteiger partial charge in [0.2, 0.25) is 11.2 Å². The molecule has 4 rings (SSSR count). The fraction of sp³-hybridized carbons (Fsp3) is 0.0952. The molecule has 2 aromatic carbocycles. The van der Waals surface area contributed by atoms with Crippen molar-refractivity contribution in [1.82, 2.24) is 4.98 Å². The molecular weight excluding hydrogens is 438 g/mol. The van der Waals surface area contributed by atoms with E-state index >= 15 is 0 Å². The number of hydrogen-bond donors (Lipinski definition) is 2. The van der Waals surface area contributed by atoms with Crippen molar-refractivity contribution in [2.75, 3.05) is 17.7 Å². The van der Waals surface area contributed by atoms with Crippen LogP contribution >= 0.6 is 11.3 Å². The lowest BCUT2D eigenvalue weighted by Gasteiger charge is -2.17. The minimum absolute atomic E-state index is 0.0429. The molecule has 2 heterocycles. The van der Waals surface area contributed by atoms with Crippen LogP contribution in [-0.2, 0) is 0 Å². The second-order valence-electron chi connectivity index (χ2n) is 6.54.